The molecule has 0 unspecified atom stereocenters. The maximum absolute atomic E-state index is 10.7. The van der Waals surface area contributed by atoms with Gasteiger partial charge in [0, 0.05) is 18.5 Å². The average Bonchev–Trinajstić information content (AvgIpc) is 1.75. The number of hydrogen-bond donors (Lipinski definition) is 1. The normalized spacial score (nSPS) is 11.8. The number of tetrazole rings is 1. The van der Waals surface area contributed by atoms with Crippen LogP contribution in [0.3, 0.4) is 0 Å². The maximum atomic E-state index is 10.7. The van der Waals surface area contributed by atoms with Gasteiger partial charge in [-0.2, -0.15) is 0 Å². The Morgan fingerprint density at radius 2 is 0.933 bits per heavy atom. The molecule has 2 heterocycles. The SMILES string of the molecule is CCCc1nc(/C=C\c2cccc3ccccc23)c(CO)n1Cc1ccc(-c2ccccc2-c2nnnn2C(c2ccccc2)(c2ccccc2)c2ccccc2)cc1.c1ccc([PH](Cc2cccc3ccccc23)(c2ccccc2)c2ccccc2)cc1. The van der Waals surface area contributed by atoms with E-state index >= 15 is 0 Å². The Bertz CT molecular complexity index is 4440. The molecule has 0 spiro atoms. The number of fused-ring (bicyclic) bond motifs is 2. The summed E-state index contributed by atoms with van der Waals surface area (Å²) in [5, 5.41) is 34.0. The number of aliphatic hydroxyl groups excluding tert-OH is 1. The van der Waals surface area contributed by atoms with E-state index in [0.717, 1.165) is 80.7 Å². The summed E-state index contributed by atoms with van der Waals surface area (Å²) in [5.41, 5.74) is 10.5. The molecule has 0 saturated heterocycles. The van der Waals surface area contributed by atoms with E-state index in [2.05, 4.69) is 314 Å². The van der Waals surface area contributed by atoms with Crippen LogP contribution < -0.4 is 15.9 Å². The average molecular weight is 1170 g/mol. The zero-order valence-corrected chi connectivity index (χ0v) is 50.8. The number of rotatable bonds is 18. The van der Waals surface area contributed by atoms with E-state index in [-0.39, 0.29) is 6.61 Å². The van der Waals surface area contributed by atoms with Crippen LogP contribution in [0.1, 0.15) is 63.9 Å². The number of imidazole rings is 1. The number of aliphatic hydroxyl groups is 1. The number of nitrogens with zero attached hydrogens (tertiary/aromatic N) is 6. The molecule has 14 aromatic rings. The molecule has 2 aromatic heterocycles. The van der Waals surface area contributed by atoms with Crippen molar-refractivity contribution in [3.63, 3.8) is 0 Å². The molecule has 0 fully saturated rings. The van der Waals surface area contributed by atoms with E-state index in [0.29, 0.717) is 12.4 Å². The molecule has 8 heteroatoms. The van der Waals surface area contributed by atoms with Crippen molar-refractivity contribution >= 4 is 56.9 Å². The Morgan fingerprint density at radius 1 is 0.461 bits per heavy atom. The van der Waals surface area contributed by atoms with Gasteiger partial charge in [-0.3, -0.25) is 0 Å². The standard InChI is InChI=1S/C52H44N6O.C29H25P/c1-2-17-50-53-48(35-34-40-20-16-19-39-18-12-13-27-45(39)40)49(37-59)57(50)36-38-30-32-41(33-31-38)46-28-14-15-29-47(46)51-54-55-56-58(51)52(42-21-6-3-7-22-42,43-23-8-4-9-24-43)44-25-10-5-11-26-44;1-4-16-26(17-5-1)30(27-18-6-2-7-19-27,28-20-8-3-9-21-28)23-25-15-12-14-24-13-10-11-22-29(24)25/h3-16,18-35,59H,2,17,36-37H2,1H3;1-22,30H,23H2/b35-34-;. The van der Waals surface area contributed by atoms with Gasteiger partial charge in [0.25, 0.3) is 0 Å². The van der Waals surface area contributed by atoms with Gasteiger partial charge in [0.2, 0.25) is 0 Å². The van der Waals surface area contributed by atoms with Crippen LogP contribution in [0.15, 0.2) is 315 Å². The van der Waals surface area contributed by atoms with Crippen LogP contribution in [0.2, 0.25) is 0 Å². The number of aryl methyl sites for hydroxylation is 1. The van der Waals surface area contributed by atoms with Gasteiger partial charge < -0.3 is 9.67 Å². The number of hydrogen-bond acceptors (Lipinski definition) is 5. The molecule has 0 radical (unpaired) electrons. The molecule has 0 aliphatic rings. The van der Waals surface area contributed by atoms with Crippen LogP contribution in [-0.2, 0) is 31.3 Å². The van der Waals surface area contributed by atoms with E-state index in [9.17, 15) is 5.11 Å². The van der Waals surface area contributed by atoms with E-state index in [1.807, 2.05) is 35.0 Å². The third-order valence-electron chi connectivity index (χ3n) is 17.3. The fourth-order valence-corrected chi connectivity index (χ4v) is 17.9. The van der Waals surface area contributed by atoms with Crippen molar-refractivity contribution in [2.24, 2.45) is 0 Å². The molecular weight excluding hydrogens is 1100 g/mol. The predicted octanol–water partition coefficient (Wildman–Crippen LogP) is 16.9. The van der Waals surface area contributed by atoms with Crippen LogP contribution in [0.5, 0.6) is 0 Å². The Labute approximate surface area is 522 Å². The Morgan fingerprint density at radius 3 is 1.48 bits per heavy atom. The van der Waals surface area contributed by atoms with Crippen molar-refractivity contribution in [2.45, 2.75) is 44.6 Å². The summed E-state index contributed by atoms with van der Waals surface area (Å²) in [7, 11) is -2.28. The van der Waals surface area contributed by atoms with Gasteiger partial charge >= 0.3 is 179 Å². The predicted molar refractivity (Wildman–Crippen MR) is 372 cm³/mol. The molecule has 434 valence electrons. The fourth-order valence-electron chi connectivity index (χ4n) is 13.1. The Kier molecular flexibility index (Phi) is 17.3. The summed E-state index contributed by atoms with van der Waals surface area (Å²) in [4.78, 5) is 5.06. The van der Waals surface area contributed by atoms with Crippen LogP contribution in [-0.4, -0.2) is 34.9 Å². The molecule has 0 amide bonds. The van der Waals surface area contributed by atoms with Crippen LogP contribution in [0, 0.1) is 0 Å². The van der Waals surface area contributed by atoms with Crippen molar-refractivity contribution in [1.29, 1.82) is 0 Å². The second-order valence-electron chi connectivity index (χ2n) is 22.5. The van der Waals surface area contributed by atoms with Crippen molar-refractivity contribution in [1.82, 2.24) is 29.8 Å². The van der Waals surface area contributed by atoms with Gasteiger partial charge in [-0.1, -0.05) is 195 Å². The second kappa shape index (κ2) is 26.7. The van der Waals surface area contributed by atoms with Crippen molar-refractivity contribution in [2.75, 3.05) is 0 Å². The first-order chi connectivity index (χ1) is 44.1. The molecule has 12 aromatic carbocycles. The summed E-state index contributed by atoms with van der Waals surface area (Å²) in [6.45, 7) is 2.65. The molecule has 14 rings (SSSR count). The third kappa shape index (κ3) is 11.6. The summed E-state index contributed by atoms with van der Waals surface area (Å²) in [6, 6.07) is 112. The molecule has 0 saturated carbocycles. The number of benzene rings is 12. The minimum atomic E-state index is -2.28. The molecule has 7 nitrogen and oxygen atoms in total. The van der Waals surface area contributed by atoms with Gasteiger partial charge in [-0.05, 0) is 72.6 Å². The molecule has 0 aliphatic carbocycles. The quantitative estimate of drug-likeness (QED) is 0.0684. The van der Waals surface area contributed by atoms with E-state index in [1.165, 1.54) is 43.0 Å². The first kappa shape index (κ1) is 57.6. The van der Waals surface area contributed by atoms with E-state index < -0.39 is 12.8 Å². The van der Waals surface area contributed by atoms with Gasteiger partial charge in [0.05, 0.1) is 18.0 Å². The molecule has 0 aliphatic heterocycles. The van der Waals surface area contributed by atoms with Gasteiger partial charge in [-0.15, -0.1) is 5.10 Å². The minimum absolute atomic E-state index is 0.109. The summed E-state index contributed by atoms with van der Waals surface area (Å²) in [6.07, 6.45) is 6.94. The zero-order valence-electron chi connectivity index (χ0n) is 49.8. The Balaban J connectivity index is 0.000000203. The van der Waals surface area contributed by atoms with Gasteiger partial charge in [0.1, 0.15) is 11.4 Å². The molecule has 89 heavy (non-hydrogen) atoms. The monoisotopic (exact) mass is 1170 g/mol. The number of aromatic nitrogens is 6. The fraction of sp³-hybridized carbons (Fsp3) is 0.0864. The summed E-state index contributed by atoms with van der Waals surface area (Å²) in [5.74, 6) is 1.62. The van der Waals surface area contributed by atoms with E-state index in [4.69, 9.17) is 15.3 Å². The molecule has 1 N–H and O–H groups in total. The van der Waals surface area contributed by atoms with Gasteiger partial charge in [-0.25, -0.2) is 9.67 Å². The molecule has 0 bridgehead atoms. The van der Waals surface area contributed by atoms with Gasteiger partial charge in [0.15, 0.2) is 5.82 Å². The van der Waals surface area contributed by atoms with Crippen LogP contribution >= 0.6 is 7.26 Å². The molecular formula is C81H69N6OP. The van der Waals surface area contributed by atoms with Crippen LogP contribution in [0.25, 0.3) is 56.2 Å². The summed E-state index contributed by atoms with van der Waals surface area (Å²) >= 11 is 0. The van der Waals surface area contributed by atoms with Crippen molar-refractivity contribution in [3.8, 4) is 22.5 Å². The van der Waals surface area contributed by atoms with Crippen molar-refractivity contribution in [3.05, 3.63) is 366 Å². The topological polar surface area (TPSA) is 81.7 Å². The zero-order chi connectivity index (χ0) is 60.2. The summed E-state index contributed by atoms with van der Waals surface area (Å²) < 4.78 is 4.16. The van der Waals surface area contributed by atoms with Crippen molar-refractivity contribution < 1.29 is 5.11 Å². The van der Waals surface area contributed by atoms with E-state index in [1.54, 1.807) is 0 Å². The Hall–Kier alpha value is -10.4. The second-order valence-corrected chi connectivity index (χ2v) is 26.4. The molecule has 0 atom stereocenters. The first-order valence-corrected chi connectivity index (χ1v) is 32.9. The first-order valence-electron chi connectivity index (χ1n) is 30.7. The third-order valence-corrected chi connectivity index (χ3v) is 22.2. The van der Waals surface area contributed by atoms with Crippen LogP contribution in [0.4, 0.5) is 0 Å².